The number of hydrogen-bond donors (Lipinski definition) is 2. The Morgan fingerprint density at radius 3 is 2.64 bits per heavy atom. The maximum absolute atomic E-state index is 9.65. The SMILES string of the molecule is COc1cc(Br)c(Br)c(C=NO)c1O. The standard InChI is InChI=1S/C8H7Br2NO3/c1-14-6-2-5(9)7(10)4(3-11-13)8(6)12/h2-3,12-13H,1H3. The summed E-state index contributed by atoms with van der Waals surface area (Å²) in [5, 5.41) is 20.9. The first kappa shape index (κ1) is 11.3. The summed E-state index contributed by atoms with van der Waals surface area (Å²) >= 11 is 6.49. The predicted molar refractivity (Wildman–Crippen MR) is 59.4 cm³/mol. The fourth-order valence-corrected chi connectivity index (χ4v) is 1.77. The van der Waals surface area contributed by atoms with Gasteiger partial charge in [-0.1, -0.05) is 5.16 Å². The van der Waals surface area contributed by atoms with E-state index in [2.05, 4.69) is 37.0 Å². The van der Waals surface area contributed by atoms with Gasteiger partial charge < -0.3 is 15.1 Å². The Hall–Kier alpha value is -0.750. The number of benzene rings is 1. The number of hydrogen-bond acceptors (Lipinski definition) is 4. The largest absolute Gasteiger partial charge is 0.504 e. The molecule has 4 nitrogen and oxygen atoms in total. The first-order valence-corrected chi connectivity index (χ1v) is 5.12. The molecule has 0 saturated heterocycles. The Labute approximate surface area is 97.4 Å². The quantitative estimate of drug-likeness (QED) is 0.499. The number of oxime groups is 1. The van der Waals surface area contributed by atoms with Crippen LogP contribution in [0, 0.1) is 0 Å². The lowest BCUT2D eigenvalue weighted by Crippen LogP contribution is -1.91. The summed E-state index contributed by atoms with van der Waals surface area (Å²) in [7, 11) is 1.44. The minimum atomic E-state index is -0.0830. The van der Waals surface area contributed by atoms with E-state index >= 15 is 0 Å². The van der Waals surface area contributed by atoms with E-state index in [9.17, 15) is 5.11 Å². The maximum atomic E-state index is 9.65. The molecule has 1 rings (SSSR count). The van der Waals surface area contributed by atoms with Crippen LogP contribution in [0.3, 0.4) is 0 Å². The summed E-state index contributed by atoms with van der Waals surface area (Å²) in [6, 6.07) is 1.61. The number of ether oxygens (including phenoxy) is 1. The maximum Gasteiger partial charge on any atom is 0.167 e. The lowest BCUT2D eigenvalue weighted by Gasteiger charge is -2.09. The Bertz CT molecular complexity index is 379. The number of nitrogens with zero attached hydrogens (tertiary/aromatic N) is 1. The van der Waals surface area contributed by atoms with E-state index in [1.54, 1.807) is 6.07 Å². The van der Waals surface area contributed by atoms with Gasteiger partial charge in [-0.3, -0.25) is 0 Å². The Morgan fingerprint density at radius 2 is 2.14 bits per heavy atom. The zero-order valence-electron chi connectivity index (χ0n) is 7.16. The lowest BCUT2D eigenvalue weighted by molar-refractivity contribution is 0.321. The van der Waals surface area contributed by atoms with Crippen LogP contribution in [-0.4, -0.2) is 23.6 Å². The highest BCUT2D eigenvalue weighted by molar-refractivity contribution is 9.13. The van der Waals surface area contributed by atoms with Crippen LogP contribution in [0.15, 0.2) is 20.2 Å². The summed E-state index contributed by atoms with van der Waals surface area (Å²) in [4.78, 5) is 0. The molecule has 0 bridgehead atoms. The first-order chi connectivity index (χ1) is 6.61. The summed E-state index contributed by atoms with van der Waals surface area (Å²) in [5.41, 5.74) is 0.346. The third kappa shape index (κ3) is 2.01. The van der Waals surface area contributed by atoms with E-state index in [-0.39, 0.29) is 5.75 Å². The molecule has 1 aromatic rings. The molecule has 0 aromatic heterocycles. The minimum Gasteiger partial charge on any atom is -0.504 e. The summed E-state index contributed by atoms with van der Waals surface area (Å²) in [6.07, 6.45) is 1.12. The molecule has 76 valence electrons. The van der Waals surface area contributed by atoms with E-state index in [4.69, 9.17) is 9.94 Å². The Morgan fingerprint density at radius 1 is 1.50 bits per heavy atom. The van der Waals surface area contributed by atoms with Crippen LogP contribution in [0.2, 0.25) is 0 Å². The van der Waals surface area contributed by atoms with E-state index in [1.165, 1.54) is 7.11 Å². The van der Waals surface area contributed by atoms with Crippen LogP contribution >= 0.6 is 31.9 Å². The molecule has 0 aliphatic heterocycles. The van der Waals surface area contributed by atoms with Crippen LogP contribution in [-0.2, 0) is 0 Å². The summed E-state index contributed by atoms with van der Waals surface area (Å²) < 4.78 is 6.21. The third-order valence-corrected chi connectivity index (χ3v) is 3.61. The van der Waals surface area contributed by atoms with Gasteiger partial charge in [0.15, 0.2) is 11.5 Å². The average Bonchev–Trinajstić information content (AvgIpc) is 2.18. The third-order valence-electron chi connectivity index (χ3n) is 1.60. The highest BCUT2D eigenvalue weighted by atomic mass is 79.9. The first-order valence-electron chi connectivity index (χ1n) is 3.54. The molecule has 0 fully saturated rings. The van der Waals surface area contributed by atoms with Crippen molar-refractivity contribution < 1.29 is 15.1 Å². The number of aromatic hydroxyl groups is 1. The number of halogens is 2. The predicted octanol–water partition coefficient (Wildman–Crippen LogP) is 2.73. The van der Waals surface area contributed by atoms with Crippen molar-refractivity contribution in [2.75, 3.05) is 7.11 Å². The molecule has 0 atom stereocenters. The van der Waals surface area contributed by atoms with Gasteiger partial charge in [0, 0.05) is 8.95 Å². The smallest absolute Gasteiger partial charge is 0.167 e. The second kappa shape index (κ2) is 4.65. The number of methoxy groups -OCH3 is 1. The molecule has 14 heavy (non-hydrogen) atoms. The molecule has 6 heteroatoms. The molecule has 0 spiro atoms. The van der Waals surface area contributed by atoms with Gasteiger partial charge >= 0.3 is 0 Å². The normalized spacial score (nSPS) is 10.8. The van der Waals surface area contributed by atoms with Crippen LogP contribution in [0.1, 0.15) is 5.56 Å². The van der Waals surface area contributed by atoms with Crippen LogP contribution < -0.4 is 4.74 Å². The highest BCUT2D eigenvalue weighted by Gasteiger charge is 2.13. The zero-order chi connectivity index (χ0) is 10.7. The van der Waals surface area contributed by atoms with Crippen molar-refractivity contribution in [1.82, 2.24) is 0 Å². The summed E-state index contributed by atoms with van der Waals surface area (Å²) in [6.45, 7) is 0. The molecule has 0 unspecified atom stereocenters. The van der Waals surface area contributed by atoms with Crippen LogP contribution in [0.4, 0.5) is 0 Å². The van der Waals surface area contributed by atoms with Crippen molar-refractivity contribution in [2.24, 2.45) is 5.16 Å². The molecule has 0 aliphatic carbocycles. The van der Waals surface area contributed by atoms with E-state index in [0.29, 0.717) is 20.3 Å². The van der Waals surface area contributed by atoms with Gasteiger partial charge in [-0.15, -0.1) is 0 Å². The van der Waals surface area contributed by atoms with Crippen molar-refractivity contribution >= 4 is 38.1 Å². The van der Waals surface area contributed by atoms with E-state index < -0.39 is 0 Å². The van der Waals surface area contributed by atoms with E-state index in [0.717, 1.165) is 6.21 Å². The van der Waals surface area contributed by atoms with Gasteiger partial charge in [-0.2, -0.15) is 0 Å². The second-order valence-corrected chi connectivity index (χ2v) is 4.03. The van der Waals surface area contributed by atoms with Gasteiger partial charge in [0.25, 0.3) is 0 Å². The fraction of sp³-hybridized carbons (Fsp3) is 0.125. The van der Waals surface area contributed by atoms with Crippen molar-refractivity contribution in [3.63, 3.8) is 0 Å². The molecule has 1 aromatic carbocycles. The van der Waals surface area contributed by atoms with Crippen LogP contribution in [0.5, 0.6) is 11.5 Å². The molecular formula is C8H7Br2NO3. The minimum absolute atomic E-state index is 0.0830. The van der Waals surface area contributed by atoms with Crippen molar-refractivity contribution in [3.8, 4) is 11.5 Å². The van der Waals surface area contributed by atoms with Crippen molar-refractivity contribution in [2.45, 2.75) is 0 Å². The number of phenols is 1. The van der Waals surface area contributed by atoms with Crippen molar-refractivity contribution in [3.05, 3.63) is 20.6 Å². The monoisotopic (exact) mass is 323 g/mol. The van der Waals surface area contributed by atoms with Gasteiger partial charge in [0.2, 0.25) is 0 Å². The number of rotatable bonds is 2. The molecule has 0 amide bonds. The average molecular weight is 325 g/mol. The Balaban J connectivity index is 3.44. The van der Waals surface area contributed by atoms with Crippen molar-refractivity contribution in [1.29, 1.82) is 0 Å². The van der Waals surface area contributed by atoms with Gasteiger partial charge in [0.1, 0.15) is 0 Å². The zero-order valence-corrected chi connectivity index (χ0v) is 10.3. The Kier molecular flexibility index (Phi) is 3.77. The topological polar surface area (TPSA) is 62.0 Å². The molecule has 0 aliphatic rings. The van der Waals surface area contributed by atoms with Gasteiger partial charge in [-0.05, 0) is 37.9 Å². The highest BCUT2D eigenvalue weighted by Crippen LogP contribution is 2.39. The van der Waals surface area contributed by atoms with Gasteiger partial charge in [-0.25, -0.2) is 0 Å². The molecule has 0 radical (unpaired) electrons. The molecule has 0 heterocycles. The van der Waals surface area contributed by atoms with Gasteiger partial charge in [0.05, 0.1) is 18.9 Å². The molecular weight excluding hydrogens is 318 g/mol. The van der Waals surface area contributed by atoms with E-state index in [1.807, 2.05) is 0 Å². The fourth-order valence-electron chi connectivity index (χ4n) is 0.943. The number of phenolic OH excluding ortho intramolecular Hbond substituents is 1. The molecule has 2 N–H and O–H groups in total. The summed E-state index contributed by atoms with van der Waals surface area (Å²) in [5.74, 6) is 0.218. The van der Waals surface area contributed by atoms with Crippen LogP contribution in [0.25, 0.3) is 0 Å². The lowest BCUT2D eigenvalue weighted by atomic mass is 10.2. The molecule has 0 saturated carbocycles. The second-order valence-electron chi connectivity index (χ2n) is 2.38.